The molecule has 1 saturated heterocycles. The second kappa shape index (κ2) is 8.82. The fourth-order valence-electron chi connectivity index (χ4n) is 4.21. The van der Waals surface area contributed by atoms with Crippen LogP contribution in [0.5, 0.6) is 0 Å². The number of nitrogens with zero attached hydrogens (tertiary/aromatic N) is 3. The number of fused-ring (bicyclic) bond motifs is 1. The number of amides is 2. The molecule has 0 radical (unpaired) electrons. The monoisotopic (exact) mass is 464 g/mol. The van der Waals surface area contributed by atoms with E-state index in [1.165, 1.54) is 4.88 Å². The minimum atomic E-state index is -0.122. The Labute approximate surface area is 194 Å². The number of pyridine rings is 1. The van der Waals surface area contributed by atoms with E-state index in [-0.39, 0.29) is 17.7 Å². The third kappa shape index (κ3) is 4.28. The molecule has 0 unspecified atom stereocenters. The fraction of sp³-hybridized carbons (Fsp3) is 0.333. The van der Waals surface area contributed by atoms with Crippen LogP contribution in [0.3, 0.4) is 0 Å². The number of likely N-dealkylation sites (tertiary alicyclic amines) is 1. The van der Waals surface area contributed by atoms with Crippen molar-refractivity contribution in [2.24, 2.45) is 5.92 Å². The third-order valence-electron chi connectivity index (χ3n) is 6.01. The van der Waals surface area contributed by atoms with Crippen LogP contribution in [0.25, 0.3) is 21.7 Å². The van der Waals surface area contributed by atoms with Crippen LogP contribution in [0.1, 0.15) is 39.5 Å². The molecule has 1 aliphatic heterocycles. The SMILES string of the molecule is Cc1ccc(-c2cc(C(=O)N3CCC(C(=O)NCc4ccco4)CC3)c3c(C)noc3n2)s1. The zero-order valence-corrected chi connectivity index (χ0v) is 19.3. The van der Waals surface area contributed by atoms with Gasteiger partial charge in [-0.1, -0.05) is 5.16 Å². The number of carbonyl (C=O) groups is 2. The van der Waals surface area contributed by atoms with E-state index < -0.39 is 0 Å². The van der Waals surface area contributed by atoms with Gasteiger partial charge in [0.1, 0.15) is 5.76 Å². The van der Waals surface area contributed by atoms with Crippen LogP contribution in [0.15, 0.2) is 45.5 Å². The molecule has 4 aromatic heterocycles. The van der Waals surface area contributed by atoms with E-state index in [0.29, 0.717) is 60.5 Å². The first-order chi connectivity index (χ1) is 16.0. The Bertz CT molecular complexity index is 1300. The highest BCUT2D eigenvalue weighted by Crippen LogP contribution is 2.32. The normalized spacial score (nSPS) is 14.7. The predicted octanol–water partition coefficient (Wildman–Crippen LogP) is 4.33. The molecule has 0 bridgehead atoms. The first kappa shape index (κ1) is 21.4. The maximum atomic E-state index is 13.5. The standard InChI is InChI=1S/C24H24N4O4S/c1-14-5-6-20(33-14)19-12-18(21-15(2)27-32-23(21)26-19)24(30)28-9-7-16(8-10-28)22(29)25-13-17-4-3-11-31-17/h3-6,11-12,16H,7-10,13H2,1-2H3,(H,25,29). The average Bonchev–Trinajstić information content (AvgIpc) is 3.58. The number of piperidine rings is 1. The summed E-state index contributed by atoms with van der Waals surface area (Å²) in [7, 11) is 0. The van der Waals surface area contributed by atoms with Crippen molar-refractivity contribution in [3.8, 4) is 10.6 Å². The molecule has 9 heteroatoms. The quantitative estimate of drug-likeness (QED) is 0.472. The topological polar surface area (TPSA) is 101 Å². The summed E-state index contributed by atoms with van der Waals surface area (Å²) in [6, 6.07) is 9.49. The van der Waals surface area contributed by atoms with Crippen molar-refractivity contribution < 1.29 is 18.5 Å². The molecule has 8 nitrogen and oxygen atoms in total. The van der Waals surface area contributed by atoms with Crippen LogP contribution in [0, 0.1) is 19.8 Å². The lowest BCUT2D eigenvalue weighted by Crippen LogP contribution is -2.43. The van der Waals surface area contributed by atoms with E-state index in [0.717, 1.165) is 10.6 Å². The second-order valence-electron chi connectivity index (χ2n) is 8.28. The van der Waals surface area contributed by atoms with E-state index in [9.17, 15) is 9.59 Å². The van der Waals surface area contributed by atoms with Gasteiger partial charge in [-0.2, -0.15) is 0 Å². The van der Waals surface area contributed by atoms with Gasteiger partial charge in [0.2, 0.25) is 5.91 Å². The molecule has 1 N–H and O–H groups in total. The smallest absolute Gasteiger partial charge is 0.259 e. The van der Waals surface area contributed by atoms with Crippen LogP contribution in [0.4, 0.5) is 0 Å². The van der Waals surface area contributed by atoms with Gasteiger partial charge >= 0.3 is 0 Å². The van der Waals surface area contributed by atoms with Crippen LogP contribution in [-0.2, 0) is 11.3 Å². The minimum Gasteiger partial charge on any atom is -0.467 e. The summed E-state index contributed by atoms with van der Waals surface area (Å²) < 4.78 is 10.7. The number of nitrogens with one attached hydrogen (secondary N) is 1. The summed E-state index contributed by atoms with van der Waals surface area (Å²) in [5.74, 6) is 0.509. The summed E-state index contributed by atoms with van der Waals surface area (Å²) in [6.07, 6.45) is 2.82. The molecule has 0 aromatic carbocycles. The number of furan rings is 1. The first-order valence-corrected chi connectivity index (χ1v) is 11.7. The minimum absolute atomic E-state index is 0.00460. The molecule has 0 spiro atoms. The second-order valence-corrected chi connectivity index (χ2v) is 9.57. The first-order valence-electron chi connectivity index (χ1n) is 10.9. The van der Waals surface area contributed by atoms with Crippen LogP contribution in [-0.4, -0.2) is 39.9 Å². The number of hydrogen-bond acceptors (Lipinski definition) is 7. The number of rotatable bonds is 5. The molecule has 0 aliphatic carbocycles. The Morgan fingerprint density at radius 1 is 1.21 bits per heavy atom. The van der Waals surface area contributed by atoms with E-state index in [1.54, 1.807) is 28.6 Å². The lowest BCUT2D eigenvalue weighted by atomic mass is 9.95. The van der Waals surface area contributed by atoms with Gasteiger partial charge in [-0.25, -0.2) is 4.98 Å². The van der Waals surface area contributed by atoms with Crippen molar-refractivity contribution >= 4 is 34.3 Å². The van der Waals surface area contributed by atoms with Gasteiger partial charge in [0.05, 0.1) is 40.0 Å². The maximum Gasteiger partial charge on any atom is 0.259 e. The summed E-state index contributed by atoms with van der Waals surface area (Å²) in [4.78, 5) is 34.6. The number of carbonyl (C=O) groups excluding carboxylic acids is 2. The Kier molecular flexibility index (Phi) is 5.72. The molecule has 33 heavy (non-hydrogen) atoms. The lowest BCUT2D eigenvalue weighted by molar-refractivity contribution is -0.126. The molecule has 0 atom stereocenters. The van der Waals surface area contributed by atoms with Gasteiger partial charge < -0.3 is 19.2 Å². The van der Waals surface area contributed by atoms with E-state index >= 15 is 0 Å². The van der Waals surface area contributed by atoms with E-state index in [2.05, 4.69) is 15.5 Å². The molecular formula is C24H24N4O4S. The van der Waals surface area contributed by atoms with Crippen molar-refractivity contribution in [1.82, 2.24) is 20.4 Å². The van der Waals surface area contributed by atoms with Gasteiger partial charge in [-0.3, -0.25) is 9.59 Å². The van der Waals surface area contributed by atoms with Crippen LogP contribution >= 0.6 is 11.3 Å². The largest absolute Gasteiger partial charge is 0.467 e. The Morgan fingerprint density at radius 2 is 2.03 bits per heavy atom. The van der Waals surface area contributed by atoms with Crippen LogP contribution < -0.4 is 5.32 Å². The molecule has 1 fully saturated rings. The third-order valence-corrected chi connectivity index (χ3v) is 7.03. The Hall–Kier alpha value is -3.46. The molecule has 5 heterocycles. The number of aromatic nitrogens is 2. The van der Waals surface area contributed by atoms with E-state index in [1.807, 2.05) is 38.1 Å². The van der Waals surface area contributed by atoms with Gasteiger partial charge in [0.15, 0.2) is 0 Å². The van der Waals surface area contributed by atoms with Crippen LogP contribution in [0.2, 0.25) is 0 Å². The molecule has 5 rings (SSSR count). The van der Waals surface area contributed by atoms with Gasteiger partial charge in [0, 0.05) is 23.9 Å². The molecule has 0 saturated carbocycles. The number of thiophene rings is 1. The van der Waals surface area contributed by atoms with Crippen molar-refractivity contribution in [3.63, 3.8) is 0 Å². The number of aryl methyl sites for hydroxylation is 2. The van der Waals surface area contributed by atoms with Crippen molar-refractivity contribution in [3.05, 3.63) is 58.5 Å². The summed E-state index contributed by atoms with van der Waals surface area (Å²) in [6.45, 7) is 5.25. The zero-order chi connectivity index (χ0) is 22.9. The van der Waals surface area contributed by atoms with Gasteiger partial charge in [0.25, 0.3) is 11.6 Å². The average molecular weight is 465 g/mol. The predicted molar refractivity (Wildman–Crippen MR) is 124 cm³/mol. The number of hydrogen-bond donors (Lipinski definition) is 1. The molecule has 4 aromatic rings. The summed E-state index contributed by atoms with van der Waals surface area (Å²) >= 11 is 1.62. The van der Waals surface area contributed by atoms with Gasteiger partial charge in [-0.15, -0.1) is 11.3 Å². The highest BCUT2D eigenvalue weighted by Gasteiger charge is 2.30. The highest BCUT2D eigenvalue weighted by molar-refractivity contribution is 7.15. The van der Waals surface area contributed by atoms with Crippen molar-refractivity contribution in [1.29, 1.82) is 0 Å². The lowest BCUT2D eigenvalue weighted by Gasteiger charge is -2.31. The van der Waals surface area contributed by atoms with Crippen molar-refractivity contribution in [2.45, 2.75) is 33.2 Å². The molecule has 170 valence electrons. The molecule has 1 aliphatic rings. The van der Waals surface area contributed by atoms with Crippen molar-refractivity contribution in [2.75, 3.05) is 13.1 Å². The molecular weight excluding hydrogens is 440 g/mol. The zero-order valence-electron chi connectivity index (χ0n) is 18.5. The highest BCUT2D eigenvalue weighted by atomic mass is 32.1. The Morgan fingerprint density at radius 3 is 2.73 bits per heavy atom. The summed E-state index contributed by atoms with van der Waals surface area (Å²) in [5.41, 5.74) is 2.25. The molecule has 2 amide bonds. The summed E-state index contributed by atoms with van der Waals surface area (Å²) in [5, 5.41) is 7.61. The van der Waals surface area contributed by atoms with E-state index in [4.69, 9.17) is 8.94 Å². The fourth-order valence-corrected chi connectivity index (χ4v) is 5.04. The van der Waals surface area contributed by atoms with Gasteiger partial charge in [-0.05, 0) is 57.0 Å². The Balaban J connectivity index is 1.32. The maximum absolute atomic E-state index is 13.5.